The number of carbonyl (C=O) groups is 1. The molecule has 0 aromatic carbocycles. The molecular weight excluding hydrogens is 146 g/mol. The molecule has 0 aliphatic carbocycles. The lowest BCUT2D eigenvalue weighted by atomic mass is 10.2. The molecule has 4 nitrogen and oxygen atoms in total. The molecule has 1 fully saturated rings. The van der Waals surface area contributed by atoms with Gasteiger partial charge in [-0.2, -0.15) is 0 Å². The average molecular weight is 159 g/mol. The maximum absolute atomic E-state index is 10.9. The summed E-state index contributed by atoms with van der Waals surface area (Å²) in [4.78, 5) is 10.9. The average Bonchev–Trinajstić information content (AvgIpc) is 2.50. The second-order valence-electron chi connectivity index (χ2n) is 2.58. The second kappa shape index (κ2) is 3.69. The summed E-state index contributed by atoms with van der Waals surface area (Å²) in [7, 11) is 3.04. The Morgan fingerprint density at radius 3 is 2.73 bits per heavy atom. The first kappa shape index (κ1) is 8.49. The van der Waals surface area contributed by atoms with E-state index in [1.165, 1.54) is 7.11 Å². The summed E-state index contributed by atoms with van der Waals surface area (Å²) in [6, 6.07) is -0.176. The maximum atomic E-state index is 10.9. The summed E-state index contributed by atoms with van der Waals surface area (Å²) in [5, 5.41) is 3.01. The van der Waals surface area contributed by atoms with Crippen LogP contribution >= 0.6 is 0 Å². The van der Waals surface area contributed by atoms with Crippen LogP contribution in [0.1, 0.15) is 6.42 Å². The smallest absolute Gasteiger partial charge is 0.322 e. The van der Waals surface area contributed by atoms with Crippen molar-refractivity contribution in [1.82, 2.24) is 5.32 Å². The number of rotatable bonds is 2. The third-order valence-corrected chi connectivity index (χ3v) is 1.91. The van der Waals surface area contributed by atoms with Crippen LogP contribution in [-0.4, -0.2) is 38.9 Å². The van der Waals surface area contributed by atoms with Gasteiger partial charge in [0.15, 0.2) is 0 Å². The summed E-state index contributed by atoms with van der Waals surface area (Å²) in [5.74, 6) is -0.204. The van der Waals surface area contributed by atoms with Gasteiger partial charge in [-0.25, -0.2) is 0 Å². The first-order valence-electron chi connectivity index (χ1n) is 3.62. The molecule has 1 heterocycles. The lowest BCUT2D eigenvalue weighted by Crippen LogP contribution is -2.31. The van der Waals surface area contributed by atoms with Crippen molar-refractivity contribution in [2.45, 2.75) is 18.6 Å². The van der Waals surface area contributed by atoms with Crippen molar-refractivity contribution in [1.29, 1.82) is 0 Å². The van der Waals surface area contributed by atoms with Crippen LogP contribution in [-0.2, 0) is 14.3 Å². The largest absolute Gasteiger partial charge is 0.468 e. The van der Waals surface area contributed by atoms with Crippen molar-refractivity contribution >= 4 is 5.97 Å². The topological polar surface area (TPSA) is 47.6 Å². The van der Waals surface area contributed by atoms with E-state index >= 15 is 0 Å². The molecule has 0 spiro atoms. The van der Waals surface area contributed by atoms with Gasteiger partial charge in [0, 0.05) is 20.1 Å². The quantitative estimate of drug-likeness (QED) is 0.554. The van der Waals surface area contributed by atoms with Crippen molar-refractivity contribution in [3.05, 3.63) is 0 Å². The van der Waals surface area contributed by atoms with Crippen LogP contribution in [0.4, 0.5) is 0 Å². The van der Waals surface area contributed by atoms with Crippen molar-refractivity contribution in [3.63, 3.8) is 0 Å². The molecular formula is C7H13NO3. The van der Waals surface area contributed by atoms with Gasteiger partial charge in [0.25, 0.3) is 0 Å². The molecule has 2 atom stereocenters. The van der Waals surface area contributed by atoms with Gasteiger partial charge in [0.05, 0.1) is 13.2 Å². The van der Waals surface area contributed by atoms with E-state index in [0.29, 0.717) is 6.42 Å². The van der Waals surface area contributed by atoms with Crippen LogP contribution in [0.25, 0.3) is 0 Å². The minimum Gasteiger partial charge on any atom is -0.468 e. The van der Waals surface area contributed by atoms with Crippen LogP contribution in [0.5, 0.6) is 0 Å². The second-order valence-corrected chi connectivity index (χ2v) is 2.58. The number of hydrogen-bond acceptors (Lipinski definition) is 4. The molecule has 1 rings (SSSR count). The van der Waals surface area contributed by atoms with Gasteiger partial charge in [0.2, 0.25) is 0 Å². The summed E-state index contributed by atoms with van der Waals surface area (Å²) in [6.45, 7) is 0.732. The minimum atomic E-state index is -0.204. The first-order chi connectivity index (χ1) is 5.27. The van der Waals surface area contributed by atoms with E-state index in [1.807, 2.05) is 0 Å². The van der Waals surface area contributed by atoms with Gasteiger partial charge >= 0.3 is 5.97 Å². The summed E-state index contributed by atoms with van der Waals surface area (Å²) < 4.78 is 9.64. The predicted octanol–water partition coefficient (Wildman–Crippen LogP) is -0.464. The van der Waals surface area contributed by atoms with Gasteiger partial charge < -0.3 is 14.8 Å². The van der Waals surface area contributed by atoms with Crippen molar-refractivity contribution in [3.8, 4) is 0 Å². The Kier molecular flexibility index (Phi) is 2.84. The standard InChI is InChI=1S/C7H13NO3/c1-10-5-3-6(8-4-5)7(9)11-2/h5-6,8H,3-4H2,1-2H3/t5-,6?/m1/s1. The summed E-state index contributed by atoms with van der Waals surface area (Å²) in [5.41, 5.74) is 0. The highest BCUT2D eigenvalue weighted by molar-refractivity contribution is 5.76. The highest BCUT2D eigenvalue weighted by Crippen LogP contribution is 2.09. The zero-order chi connectivity index (χ0) is 8.27. The Balaban J connectivity index is 2.35. The normalized spacial score (nSPS) is 30.4. The Hall–Kier alpha value is -0.610. The summed E-state index contributed by atoms with van der Waals surface area (Å²) in [6.07, 6.45) is 0.863. The van der Waals surface area contributed by atoms with Gasteiger partial charge in [0.1, 0.15) is 6.04 Å². The number of ether oxygens (including phenoxy) is 2. The molecule has 1 unspecified atom stereocenters. The molecule has 0 bridgehead atoms. The number of hydrogen-bond donors (Lipinski definition) is 1. The number of carbonyl (C=O) groups excluding carboxylic acids is 1. The molecule has 1 aliphatic heterocycles. The molecule has 0 radical (unpaired) electrons. The zero-order valence-electron chi connectivity index (χ0n) is 6.79. The van der Waals surface area contributed by atoms with E-state index in [4.69, 9.17) is 4.74 Å². The molecule has 0 aromatic rings. The first-order valence-corrected chi connectivity index (χ1v) is 3.62. The number of nitrogens with one attached hydrogen (secondary N) is 1. The van der Waals surface area contributed by atoms with E-state index < -0.39 is 0 Å². The molecule has 11 heavy (non-hydrogen) atoms. The Bertz CT molecular complexity index is 149. The van der Waals surface area contributed by atoms with Crippen molar-refractivity contribution in [2.75, 3.05) is 20.8 Å². The minimum absolute atomic E-state index is 0.152. The van der Waals surface area contributed by atoms with E-state index in [9.17, 15) is 4.79 Å². The number of methoxy groups -OCH3 is 2. The maximum Gasteiger partial charge on any atom is 0.322 e. The zero-order valence-corrected chi connectivity index (χ0v) is 6.79. The highest BCUT2D eigenvalue weighted by atomic mass is 16.5. The molecule has 0 aromatic heterocycles. The third kappa shape index (κ3) is 1.91. The number of esters is 1. The van der Waals surface area contributed by atoms with E-state index in [2.05, 4.69) is 10.1 Å². The molecule has 1 saturated heterocycles. The lowest BCUT2D eigenvalue weighted by Gasteiger charge is -2.06. The van der Waals surface area contributed by atoms with Gasteiger partial charge in [-0.15, -0.1) is 0 Å². The van der Waals surface area contributed by atoms with Crippen LogP contribution < -0.4 is 5.32 Å². The van der Waals surface area contributed by atoms with Crippen molar-refractivity contribution < 1.29 is 14.3 Å². The van der Waals surface area contributed by atoms with Crippen LogP contribution in [0.3, 0.4) is 0 Å². The van der Waals surface area contributed by atoms with E-state index in [0.717, 1.165) is 6.54 Å². The molecule has 0 amide bonds. The van der Waals surface area contributed by atoms with Crippen molar-refractivity contribution in [2.24, 2.45) is 0 Å². The fourth-order valence-electron chi connectivity index (χ4n) is 1.20. The lowest BCUT2D eigenvalue weighted by molar-refractivity contribution is -0.142. The predicted molar refractivity (Wildman–Crippen MR) is 39.2 cm³/mol. The van der Waals surface area contributed by atoms with E-state index in [1.54, 1.807) is 7.11 Å². The SMILES string of the molecule is COC(=O)C1C[C@@H](OC)CN1. The van der Waals surface area contributed by atoms with E-state index in [-0.39, 0.29) is 18.1 Å². The molecule has 0 saturated carbocycles. The van der Waals surface area contributed by atoms with Crippen LogP contribution in [0.15, 0.2) is 0 Å². The van der Waals surface area contributed by atoms with Gasteiger partial charge in [-0.3, -0.25) is 4.79 Å². The molecule has 4 heteroatoms. The van der Waals surface area contributed by atoms with Gasteiger partial charge in [-0.05, 0) is 0 Å². The Morgan fingerprint density at radius 1 is 1.55 bits per heavy atom. The highest BCUT2D eigenvalue weighted by Gasteiger charge is 2.29. The monoisotopic (exact) mass is 159 g/mol. The van der Waals surface area contributed by atoms with Crippen LogP contribution in [0, 0.1) is 0 Å². The third-order valence-electron chi connectivity index (χ3n) is 1.91. The Morgan fingerprint density at radius 2 is 2.27 bits per heavy atom. The fourth-order valence-corrected chi connectivity index (χ4v) is 1.20. The molecule has 1 aliphatic rings. The molecule has 64 valence electrons. The summed E-state index contributed by atoms with van der Waals surface area (Å²) >= 11 is 0. The fraction of sp³-hybridized carbons (Fsp3) is 0.857. The van der Waals surface area contributed by atoms with Gasteiger partial charge in [-0.1, -0.05) is 0 Å². The Labute approximate surface area is 65.9 Å². The van der Waals surface area contributed by atoms with Crippen LogP contribution in [0.2, 0.25) is 0 Å². The molecule has 1 N–H and O–H groups in total.